The van der Waals surface area contributed by atoms with Crippen molar-refractivity contribution >= 4 is 17.9 Å². The van der Waals surface area contributed by atoms with Crippen molar-refractivity contribution in [3.8, 4) is 0 Å². The van der Waals surface area contributed by atoms with Crippen LogP contribution in [0.1, 0.15) is 18.4 Å². The number of alkyl halides is 1. The molecule has 0 aliphatic heterocycles. The van der Waals surface area contributed by atoms with Crippen LogP contribution >= 0.6 is 11.6 Å². The Morgan fingerprint density at radius 1 is 1.33 bits per heavy atom. The average molecular weight is 227 g/mol. The minimum atomic E-state index is -0.0705. The molecule has 0 radical (unpaired) electrons. The highest BCUT2D eigenvalue weighted by molar-refractivity contribution is 6.20. The molecule has 0 aromatic heterocycles. The fraction of sp³-hybridized carbons (Fsp3) is 0.417. The lowest BCUT2D eigenvalue weighted by Gasteiger charge is -2.08. The Morgan fingerprint density at radius 2 is 2.07 bits per heavy atom. The zero-order chi connectivity index (χ0) is 10.9. The summed E-state index contributed by atoms with van der Waals surface area (Å²) in [6.07, 6.45) is 2.06. The summed E-state index contributed by atoms with van der Waals surface area (Å²) in [5, 5.41) is -0.0705. The second kappa shape index (κ2) is 7.43. The first-order valence-corrected chi connectivity index (χ1v) is 5.46. The topological polar surface area (TPSA) is 26.3 Å². The van der Waals surface area contributed by atoms with Gasteiger partial charge in [-0.2, -0.15) is 0 Å². The molecule has 82 valence electrons. The first-order valence-electron chi connectivity index (χ1n) is 5.02. The van der Waals surface area contributed by atoms with Gasteiger partial charge < -0.3 is 9.53 Å². The lowest BCUT2D eigenvalue weighted by Crippen LogP contribution is -2.09. The fourth-order valence-electron chi connectivity index (χ4n) is 1.21. The van der Waals surface area contributed by atoms with Crippen LogP contribution in [-0.4, -0.2) is 18.3 Å². The van der Waals surface area contributed by atoms with E-state index < -0.39 is 0 Å². The van der Waals surface area contributed by atoms with E-state index in [2.05, 4.69) is 0 Å². The fourth-order valence-corrected chi connectivity index (χ4v) is 1.43. The molecule has 15 heavy (non-hydrogen) atoms. The number of halogens is 1. The molecule has 0 N–H and O–H groups in total. The van der Waals surface area contributed by atoms with Gasteiger partial charge in [0.25, 0.3) is 0 Å². The maximum Gasteiger partial charge on any atom is 0.120 e. The second-order valence-corrected chi connectivity index (χ2v) is 3.96. The van der Waals surface area contributed by atoms with Crippen LogP contribution in [0, 0.1) is 0 Å². The Labute approximate surface area is 95.2 Å². The zero-order valence-electron chi connectivity index (χ0n) is 8.56. The molecule has 0 aliphatic rings. The summed E-state index contributed by atoms with van der Waals surface area (Å²) in [5.41, 5.74) is 1.14. The molecule has 1 atom stereocenters. The van der Waals surface area contributed by atoms with Crippen molar-refractivity contribution in [3.05, 3.63) is 35.9 Å². The van der Waals surface area contributed by atoms with E-state index >= 15 is 0 Å². The SMILES string of the molecule is O=CCCC(Cl)COCc1ccccc1. The Balaban J connectivity index is 2.13. The molecule has 0 aliphatic carbocycles. The van der Waals surface area contributed by atoms with Gasteiger partial charge in [-0.15, -0.1) is 11.6 Å². The molecule has 1 rings (SSSR count). The molecule has 1 aromatic carbocycles. The molecule has 0 saturated heterocycles. The quantitative estimate of drug-likeness (QED) is 0.528. The Kier molecular flexibility index (Phi) is 6.05. The first kappa shape index (κ1) is 12.2. The van der Waals surface area contributed by atoms with Crippen LogP contribution in [0.25, 0.3) is 0 Å². The van der Waals surface area contributed by atoms with Gasteiger partial charge in [0.1, 0.15) is 6.29 Å². The summed E-state index contributed by atoms with van der Waals surface area (Å²) in [6.45, 7) is 1.06. The smallest absolute Gasteiger partial charge is 0.120 e. The van der Waals surface area contributed by atoms with E-state index in [0.29, 0.717) is 26.1 Å². The molecule has 0 amide bonds. The van der Waals surface area contributed by atoms with Crippen LogP contribution in [0.4, 0.5) is 0 Å². The van der Waals surface area contributed by atoms with E-state index in [1.807, 2.05) is 30.3 Å². The molecular formula is C12H15ClO2. The molecular weight excluding hydrogens is 212 g/mol. The average Bonchev–Trinajstić information content (AvgIpc) is 2.28. The summed E-state index contributed by atoms with van der Waals surface area (Å²) in [5.74, 6) is 0. The molecule has 1 unspecified atom stereocenters. The van der Waals surface area contributed by atoms with E-state index in [4.69, 9.17) is 16.3 Å². The number of rotatable bonds is 7. The third-order valence-electron chi connectivity index (χ3n) is 2.01. The maximum absolute atomic E-state index is 10.1. The number of carbonyl (C=O) groups is 1. The molecule has 0 bridgehead atoms. The predicted molar refractivity (Wildman–Crippen MR) is 61.0 cm³/mol. The summed E-state index contributed by atoms with van der Waals surface area (Å²) in [7, 11) is 0. The van der Waals surface area contributed by atoms with E-state index in [1.165, 1.54) is 0 Å². The van der Waals surface area contributed by atoms with Crippen molar-refractivity contribution in [2.75, 3.05) is 6.61 Å². The molecule has 2 nitrogen and oxygen atoms in total. The molecule has 0 saturated carbocycles. The molecule has 0 fully saturated rings. The number of benzene rings is 1. The van der Waals surface area contributed by atoms with Gasteiger partial charge in [-0.1, -0.05) is 30.3 Å². The second-order valence-electron chi connectivity index (χ2n) is 3.34. The van der Waals surface area contributed by atoms with E-state index in [9.17, 15) is 4.79 Å². The summed E-state index contributed by atoms with van der Waals surface area (Å²) in [6, 6.07) is 9.94. The summed E-state index contributed by atoms with van der Waals surface area (Å²) < 4.78 is 5.43. The van der Waals surface area contributed by atoms with Gasteiger partial charge in [0.15, 0.2) is 0 Å². The van der Waals surface area contributed by atoms with E-state index in [-0.39, 0.29) is 5.38 Å². The highest BCUT2D eigenvalue weighted by Crippen LogP contribution is 2.07. The van der Waals surface area contributed by atoms with Crippen LogP contribution < -0.4 is 0 Å². The van der Waals surface area contributed by atoms with Crippen LogP contribution in [0.2, 0.25) is 0 Å². The van der Waals surface area contributed by atoms with Crippen molar-refractivity contribution in [3.63, 3.8) is 0 Å². The molecule has 3 heteroatoms. The molecule has 0 spiro atoms. The third kappa shape index (κ3) is 5.55. The standard InChI is InChI=1S/C12H15ClO2/c13-12(7-4-8-14)10-15-9-11-5-2-1-3-6-11/h1-3,5-6,8,12H,4,7,9-10H2. The predicted octanol–water partition coefficient (Wildman–Crippen LogP) is 2.79. The lowest BCUT2D eigenvalue weighted by molar-refractivity contribution is -0.107. The Bertz CT molecular complexity index is 274. The number of hydrogen-bond acceptors (Lipinski definition) is 2. The van der Waals surface area contributed by atoms with Gasteiger partial charge in [-0.05, 0) is 12.0 Å². The zero-order valence-corrected chi connectivity index (χ0v) is 9.32. The van der Waals surface area contributed by atoms with E-state index in [0.717, 1.165) is 11.8 Å². The minimum Gasteiger partial charge on any atom is -0.375 e. The van der Waals surface area contributed by atoms with Gasteiger partial charge in [-0.25, -0.2) is 0 Å². The normalized spacial score (nSPS) is 12.3. The Hall–Kier alpha value is -0.860. The lowest BCUT2D eigenvalue weighted by atomic mass is 10.2. The minimum absolute atomic E-state index is 0.0705. The van der Waals surface area contributed by atoms with Crippen molar-refractivity contribution in [2.24, 2.45) is 0 Å². The molecule has 1 aromatic rings. The molecule has 0 heterocycles. The van der Waals surface area contributed by atoms with Crippen LogP contribution in [0.5, 0.6) is 0 Å². The number of carbonyl (C=O) groups excluding carboxylic acids is 1. The summed E-state index contributed by atoms with van der Waals surface area (Å²) in [4.78, 5) is 10.1. The van der Waals surface area contributed by atoms with Gasteiger partial charge in [-0.3, -0.25) is 0 Å². The van der Waals surface area contributed by atoms with Crippen molar-refractivity contribution in [1.29, 1.82) is 0 Å². The first-order chi connectivity index (χ1) is 7.33. The number of ether oxygens (including phenoxy) is 1. The Morgan fingerprint density at radius 3 is 2.73 bits per heavy atom. The summed E-state index contributed by atoms with van der Waals surface area (Å²) >= 11 is 5.94. The monoisotopic (exact) mass is 226 g/mol. The van der Waals surface area contributed by atoms with E-state index in [1.54, 1.807) is 0 Å². The van der Waals surface area contributed by atoms with Crippen molar-refractivity contribution < 1.29 is 9.53 Å². The van der Waals surface area contributed by atoms with Crippen molar-refractivity contribution in [1.82, 2.24) is 0 Å². The maximum atomic E-state index is 10.1. The third-order valence-corrected chi connectivity index (χ3v) is 2.35. The van der Waals surface area contributed by atoms with Crippen LogP contribution in [-0.2, 0) is 16.1 Å². The number of hydrogen-bond donors (Lipinski definition) is 0. The van der Waals surface area contributed by atoms with Crippen LogP contribution in [0.3, 0.4) is 0 Å². The highest BCUT2D eigenvalue weighted by atomic mass is 35.5. The highest BCUT2D eigenvalue weighted by Gasteiger charge is 2.03. The largest absolute Gasteiger partial charge is 0.375 e. The van der Waals surface area contributed by atoms with Gasteiger partial charge in [0.2, 0.25) is 0 Å². The van der Waals surface area contributed by atoms with Crippen LogP contribution in [0.15, 0.2) is 30.3 Å². The van der Waals surface area contributed by atoms with Gasteiger partial charge in [0.05, 0.1) is 18.6 Å². The van der Waals surface area contributed by atoms with Gasteiger partial charge in [0, 0.05) is 6.42 Å². The van der Waals surface area contributed by atoms with Gasteiger partial charge >= 0.3 is 0 Å². The van der Waals surface area contributed by atoms with Crippen molar-refractivity contribution in [2.45, 2.75) is 24.8 Å². The number of aldehydes is 1.